The van der Waals surface area contributed by atoms with E-state index in [1.807, 2.05) is 0 Å². The number of carbonyl (C=O) groups is 1. The van der Waals surface area contributed by atoms with Crippen LogP contribution in [0.1, 0.15) is 15.9 Å². The molecule has 0 bridgehead atoms. The number of benzene rings is 2. The molecule has 11 heteroatoms. The summed E-state index contributed by atoms with van der Waals surface area (Å²) in [5.74, 6) is -0.452. The molecule has 2 aromatic carbocycles. The highest BCUT2D eigenvalue weighted by molar-refractivity contribution is 7.92. The van der Waals surface area contributed by atoms with Crippen LogP contribution in [0.15, 0.2) is 52.7 Å². The maximum atomic E-state index is 12.6. The van der Waals surface area contributed by atoms with Gasteiger partial charge in [-0.15, -0.1) is 11.3 Å². The molecule has 1 heterocycles. The summed E-state index contributed by atoms with van der Waals surface area (Å²) in [6, 6.07) is 11.1. The first-order chi connectivity index (χ1) is 13.9. The van der Waals surface area contributed by atoms with Gasteiger partial charge in [-0.2, -0.15) is 0 Å². The van der Waals surface area contributed by atoms with Crippen LogP contribution in [0.3, 0.4) is 0 Å². The topological polar surface area (TPSA) is 122 Å². The third-order valence-electron chi connectivity index (χ3n) is 4.09. The second-order valence-corrected chi connectivity index (χ2v) is 11.3. The molecule has 0 saturated heterocycles. The number of thiazole rings is 1. The Hall–Kier alpha value is -2.76. The molecule has 0 spiro atoms. The summed E-state index contributed by atoms with van der Waals surface area (Å²) in [7, 11) is -6.79. The molecule has 158 valence electrons. The minimum absolute atomic E-state index is 0.0703. The van der Waals surface area contributed by atoms with E-state index in [1.54, 1.807) is 42.6 Å². The Labute approximate surface area is 179 Å². The number of rotatable bonds is 6. The van der Waals surface area contributed by atoms with Gasteiger partial charge in [-0.25, -0.2) is 21.8 Å². The van der Waals surface area contributed by atoms with Crippen LogP contribution in [0.4, 0.5) is 10.8 Å². The molecule has 2 N–H and O–H groups in total. The van der Waals surface area contributed by atoms with Crippen LogP contribution in [-0.4, -0.2) is 40.2 Å². The van der Waals surface area contributed by atoms with Gasteiger partial charge in [-0.3, -0.25) is 14.8 Å². The highest BCUT2D eigenvalue weighted by Gasteiger charge is 2.16. The molecule has 3 rings (SSSR count). The molecule has 30 heavy (non-hydrogen) atoms. The second-order valence-electron chi connectivity index (χ2n) is 6.69. The minimum atomic E-state index is -3.43. The van der Waals surface area contributed by atoms with Crippen LogP contribution in [0.25, 0.3) is 11.3 Å². The van der Waals surface area contributed by atoms with Crippen LogP contribution in [0.5, 0.6) is 0 Å². The Kier molecular flexibility index (Phi) is 5.97. The van der Waals surface area contributed by atoms with Crippen molar-refractivity contribution in [2.45, 2.75) is 11.8 Å². The first-order valence-corrected chi connectivity index (χ1v) is 13.2. The Bertz CT molecular complexity index is 1310. The fraction of sp³-hybridized carbons (Fsp3) is 0.158. The maximum absolute atomic E-state index is 12.6. The van der Waals surface area contributed by atoms with Crippen molar-refractivity contribution in [2.75, 3.05) is 22.6 Å². The van der Waals surface area contributed by atoms with Crippen LogP contribution in [-0.2, 0) is 19.9 Å². The molecular weight excluding hydrogens is 446 g/mol. The monoisotopic (exact) mass is 465 g/mol. The average Bonchev–Trinajstić information content (AvgIpc) is 3.08. The first-order valence-electron chi connectivity index (χ1n) is 8.58. The van der Waals surface area contributed by atoms with Crippen molar-refractivity contribution < 1.29 is 21.6 Å². The van der Waals surface area contributed by atoms with Gasteiger partial charge in [-0.05, 0) is 36.8 Å². The van der Waals surface area contributed by atoms with E-state index in [4.69, 9.17) is 0 Å². The lowest BCUT2D eigenvalue weighted by Gasteiger charge is -2.07. The third-order valence-corrected chi connectivity index (χ3v) is 6.56. The van der Waals surface area contributed by atoms with Crippen molar-refractivity contribution >= 4 is 47.9 Å². The Morgan fingerprint density at radius 2 is 1.67 bits per heavy atom. The fourth-order valence-electron chi connectivity index (χ4n) is 2.63. The number of nitrogens with zero attached hydrogens (tertiary/aromatic N) is 1. The molecule has 0 aliphatic carbocycles. The number of amides is 1. The normalized spacial score (nSPS) is 11.8. The lowest BCUT2D eigenvalue weighted by molar-refractivity contribution is 0.102. The number of anilines is 2. The van der Waals surface area contributed by atoms with E-state index in [0.29, 0.717) is 22.1 Å². The number of hydrogen-bond acceptors (Lipinski definition) is 7. The molecule has 0 atom stereocenters. The molecule has 0 aliphatic rings. The van der Waals surface area contributed by atoms with E-state index in [1.165, 1.54) is 23.5 Å². The predicted molar refractivity (Wildman–Crippen MR) is 118 cm³/mol. The van der Waals surface area contributed by atoms with Crippen LogP contribution < -0.4 is 10.0 Å². The largest absolute Gasteiger partial charge is 0.298 e. The highest BCUT2D eigenvalue weighted by Crippen LogP contribution is 2.27. The SMILES string of the molecule is Cc1ccc(S(C)(=O)=O)cc1C(=O)Nc1nc(-c2ccc(NS(C)(=O)=O)cc2)cs1. The van der Waals surface area contributed by atoms with Crippen molar-refractivity contribution in [2.24, 2.45) is 0 Å². The zero-order chi connectivity index (χ0) is 22.1. The summed E-state index contributed by atoms with van der Waals surface area (Å²) in [6.07, 6.45) is 2.16. The van der Waals surface area contributed by atoms with Crippen molar-refractivity contribution in [1.82, 2.24) is 4.98 Å². The van der Waals surface area contributed by atoms with Gasteiger partial charge in [0, 0.05) is 28.5 Å². The van der Waals surface area contributed by atoms with E-state index in [0.717, 1.165) is 18.1 Å². The summed E-state index contributed by atoms with van der Waals surface area (Å²) in [6.45, 7) is 1.72. The molecule has 0 aliphatic heterocycles. The Balaban J connectivity index is 1.78. The zero-order valence-corrected chi connectivity index (χ0v) is 18.8. The Morgan fingerprint density at radius 3 is 2.27 bits per heavy atom. The smallest absolute Gasteiger partial charge is 0.257 e. The van der Waals surface area contributed by atoms with Gasteiger partial charge in [0.05, 0.1) is 16.8 Å². The van der Waals surface area contributed by atoms with E-state index >= 15 is 0 Å². The molecule has 0 saturated carbocycles. The summed E-state index contributed by atoms with van der Waals surface area (Å²) < 4.78 is 48.5. The van der Waals surface area contributed by atoms with Crippen LogP contribution in [0, 0.1) is 6.92 Å². The van der Waals surface area contributed by atoms with Crippen molar-refractivity contribution in [1.29, 1.82) is 0 Å². The number of sulfone groups is 1. The minimum Gasteiger partial charge on any atom is -0.298 e. The maximum Gasteiger partial charge on any atom is 0.257 e. The predicted octanol–water partition coefficient (Wildman–Crippen LogP) is 3.15. The molecule has 1 amide bonds. The Morgan fingerprint density at radius 1 is 1.00 bits per heavy atom. The first kappa shape index (κ1) is 21.9. The van der Waals surface area contributed by atoms with Crippen molar-refractivity contribution in [3.05, 3.63) is 59.0 Å². The number of aryl methyl sites for hydroxylation is 1. The summed E-state index contributed by atoms with van der Waals surface area (Å²) >= 11 is 1.22. The van der Waals surface area contributed by atoms with Gasteiger partial charge in [0.1, 0.15) is 0 Å². The highest BCUT2D eigenvalue weighted by atomic mass is 32.2. The van der Waals surface area contributed by atoms with Crippen LogP contribution in [0.2, 0.25) is 0 Å². The molecular formula is C19H19N3O5S3. The molecule has 3 aromatic rings. The van der Waals surface area contributed by atoms with Gasteiger partial charge in [-0.1, -0.05) is 18.2 Å². The number of hydrogen-bond donors (Lipinski definition) is 2. The van der Waals surface area contributed by atoms with Crippen molar-refractivity contribution in [3.63, 3.8) is 0 Å². The number of nitrogens with one attached hydrogen (secondary N) is 2. The van der Waals surface area contributed by atoms with E-state index in [9.17, 15) is 21.6 Å². The van der Waals surface area contributed by atoms with E-state index in [-0.39, 0.29) is 10.5 Å². The molecule has 1 aromatic heterocycles. The molecule has 0 unspecified atom stereocenters. The third kappa shape index (κ3) is 5.43. The molecule has 0 fully saturated rings. The molecule has 8 nitrogen and oxygen atoms in total. The second kappa shape index (κ2) is 8.17. The summed E-state index contributed by atoms with van der Waals surface area (Å²) in [4.78, 5) is 17.1. The van der Waals surface area contributed by atoms with E-state index < -0.39 is 25.8 Å². The van der Waals surface area contributed by atoms with Crippen LogP contribution >= 0.6 is 11.3 Å². The lowest BCUT2D eigenvalue weighted by Crippen LogP contribution is -2.14. The average molecular weight is 466 g/mol. The van der Waals surface area contributed by atoms with Crippen molar-refractivity contribution in [3.8, 4) is 11.3 Å². The van der Waals surface area contributed by atoms with Gasteiger partial charge in [0.15, 0.2) is 15.0 Å². The molecule has 0 radical (unpaired) electrons. The van der Waals surface area contributed by atoms with Gasteiger partial charge < -0.3 is 0 Å². The van der Waals surface area contributed by atoms with Gasteiger partial charge >= 0.3 is 0 Å². The summed E-state index contributed by atoms with van der Waals surface area (Å²) in [5.41, 5.74) is 2.70. The number of aromatic nitrogens is 1. The lowest BCUT2D eigenvalue weighted by atomic mass is 10.1. The quantitative estimate of drug-likeness (QED) is 0.577. The number of carbonyl (C=O) groups excluding carboxylic acids is 1. The van der Waals surface area contributed by atoms with Gasteiger partial charge in [0.25, 0.3) is 5.91 Å². The fourth-order valence-corrected chi connectivity index (χ4v) is 4.55. The van der Waals surface area contributed by atoms with Gasteiger partial charge in [0.2, 0.25) is 10.0 Å². The number of sulfonamides is 1. The summed E-state index contributed by atoms with van der Waals surface area (Å²) in [5, 5.41) is 4.81. The van der Waals surface area contributed by atoms with E-state index in [2.05, 4.69) is 15.0 Å². The standard InChI is InChI=1S/C19H19N3O5S3/c1-12-4-9-15(29(2,24)25)10-16(12)18(23)21-19-20-17(11-28-19)13-5-7-14(8-6-13)22-30(3,26)27/h4-11,22H,1-3H3,(H,20,21,23). The zero-order valence-electron chi connectivity index (χ0n) is 16.3.